The van der Waals surface area contributed by atoms with Gasteiger partial charge in [-0.15, -0.1) is 0 Å². The molecule has 1 aromatic heterocycles. The SMILES string of the molecule is CCOC(=O)N[C@H]1CC[C@@H]2[C@H](C1)C[C@H]1C(=O)O[C@@H](C)[C@@H]1[C@H]2/C=C/c1ccc(-c2cccc(F)c2)cn1. The first-order chi connectivity index (χ1) is 17.4. The van der Waals surface area contributed by atoms with Crippen LogP contribution in [0.2, 0.25) is 0 Å². The molecule has 2 saturated carbocycles. The highest BCUT2D eigenvalue weighted by atomic mass is 19.1. The Morgan fingerprint density at radius 3 is 2.83 bits per heavy atom. The molecule has 5 rings (SSSR count). The number of hydrogen-bond acceptors (Lipinski definition) is 5. The van der Waals surface area contributed by atoms with Crippen molar-refractivity contribution in [1.29, 1.82) is 0 Å². The maximum Gasteiger partial charge on any atom is 0.407 e. The lowest BCUT2D eigenvalue weighted by atomic mass is 9.57. The van der Waals surface area contributed by atoms with E-state index in [9.17, 15) is 14.0 Å². The van der Waals surface area contributed by atoms with Crippen LogP contribution in [0.4, 0.5) is 9.18 Å². The average molecular weight is 493 g/mol. The first-order valence-corrected chi connectivity index (χ1v) is 13.0. The Morgan fingerprint density at radius 2 is 2.08 bits per heavy atom. The predicted octanol–water partition coefficient (Wildman–Crippen LogP) is 5.63. The molecule has 0 radical (unpaired) electrons. The zero-order valence-electron chi connectivity index (χ0n) is 20.7. The van der Waals surface area contributed by atoms with E-state index in [4.69, 9.17) is 9.47 Å². The molecule has 6 nitrogen and oxygen atoms in total. The monoisotopic (exact) mass is 492 g/mol. The molecule has 1 aliphatic heterocycles. The quantitative estimate of drug-likeness (QED) is 0.548. The molecule has 0 unspecified atom stereocenters. The zero-order valence-corrected chi connectivity index (χ0v) is 20.7. The van der Waals surface area contributed by atoms with Gasteiger partial charge in [-0.1, -0.05) is 24.3 Å². The van der Waals surface area contributed by atoms with Crippen molar-refractivity contribution in [3.05, 3.63) is 60.2 Å². The van der Waals surface area contributed by atoms with E-state index in [1.807, 2.05) is 31.2 Å². The summed E-state index contributed by atoms with van der Waals surface area (Å²) in [5.41, 5.74) is 2.48. The highest BCUT2D eigenvalue weighted by molar-refractivity contribution is 5.75. The molecule has 7 heteroatoms. The number of fused-ring (bicyclic) bond motifs is 2. The van der Waals surface area contributed by atoms with E-state index < -0.39 is 0 Å². The lowest BCUT2D eigenvalue weighted by molar-refractivity contribution is -0.144. The van der Waals surface area contributed by atoms with Crippen molar-refractivity contribution < 1.29 is 23.5 Å². The van der Waals surface area contributed by atoms with Gasteiger partial charge in [-0.3, -0.25) is 9.78 Å². The smallest absolute Gasteiger partial charge is 0.407 e. The highest BCUT2D eigenvalue weighted by Gasteiger charge is 2.54. The summed E-state index contributed by atoms with van der Waals surface area (Å²) < 4.78 is 24.3. The number of allylic oxidation sites excluding steroid dienone is 1. The maximum absolute atomic E-state index is 13.6. The number of halogens is 1. The minimum atomic E-state index is -0.368. The van der Waals surface area contributed by atoms with E-state index in [-0.39, 0.29) is 47.8 Å². The van der Waals surface area contributed by atoms with Gasteiger partial charge in [0.25, 0.3) is 0 Å². The number of nitrogens with zero attached hydrogens (tertiary/aromatic N) is 1. The van der Waals surface area contributed by atoms with Crippen LogP contribution in [0.25, 0.3) is 17.2 Å². The largest absolute Gasteiger partial charge is 0.462 e. The molecule has 1 amide bonds. The molecule has 3 fully saturated rings. The number of cyclic esters (lactones) is 1. The molecule has 1 saturated heterocycles. The van der Waals surface area contributed by atoms with Crippen LogP contribution in [0.1, 0.15) is 45.2 Å². The lowest BCUT2D eigenvalue weighted by Gasteiger charge is -2.47. The van der Waals surface area contributed by atoms with Crippen molar-refractivity contribution in [2.45, 2.75) is 51.7 Å². The molecular formula is C29H33FN2O4. The van der Waals surface area contributed by atoms with Gasteiger partial charge in [0.1, 0.15) is 11.9 Å². The van der Waals surface area contributed by atoms with E-state index in [2.05, 4.69) is 16.4 Å². The second kappa shape index (κ2) is 10.4. The number of carbonyl (C=O) groups excluding carboxylic acids is 2. The maximum atomic E-state index is 13.6. The number of pyridine rings is 1. The third kappa shape index (κ3) is 5.01. The van der Waals surface area contributed by atoms with Crippen molar-refractivity contribution in [1.82, 2.24) is 10.3 Å². The van der Waals surface area contributed by atoms with E-state index in [1.165, 1.54) is 12.1 Å². The third-order valence-electron chi connectivity index (χ3n) is 8.18. The van der Waals surface area contributed by atoms with Gasteiger partial charge >= 0.3 is 12.1 Å². The molecule has 2 aromatic rings. The second-order valence-corrected chi connectivity index (χ2v) is 10.3. The fourth-order valence-electron chi connectivity index (χ4n) is 6.64. The Kier molecular flexibility index (Phi) is 7.08. The highest BCUT2D eigenvalue weighted by Crippen LogP contribution is 2.53. The number of ether oxygens (including phenoxy) is 2. The number of carbonyl (C=O) groups is 2. The van der Waals surface area contributed by atoms with Gasteiger partial charge in [-0.05, 0) is 87.1 Å². The first-order valence-electron chi connectivity index (χ1n) is 13.0. The van der Waals surface area contributed by atoms with Crippen LogP contribution in [-0.4, -0.2) is 35.8 Å². The van der Waals surface area contributed by atoms with Crippen LogP contribution in [-0.2, 0) is 14.3 Å². The van der Waals surface area contributed by atoms with Crippen molar-refractivity contribution >= 4 is 18.1 Å². The summed E-state index contributed by atoms with van der Waals surface area (Å²) in [5, 5.41) is 3.00. The number of benzene rings is 1. The van der Waals surface area contributed by atoms with E-state index in [1.54, 1.807) is 19.2 Å². The van der Waals surface area contributed by atoms with E-state index >= 15 is 0 Å². The van der Waals surface area contributed by atoms with Crippen LogP contribution in [0, 0.1) is 35.4 Å². The lowest BCUT2D eigenvalue weighted by Crippen LogP contribution is -2.48. The molecule has 36 heavy (non-hydrogen) atoms. The number of nitrogens with one attached hydrogen (secondary N) is 1. The molecule has 190 valence electrons. The molecule has 2 aliphatic carbocycles. The number of hydrogen-bond donors (Lipinski definition) is 1. The summed E-state index contributed by atoms with van der Waals surface area (Å²) in [6.07, 6.45) is 9.07. The fraction of sp³-hybridized carbons (Fsp3) is 0.483. The molecule has 0 spiro atoms. The van der Waals surface area contributed by atoms with Crippen LogP contribution in [0.3, 0.4) is 0 Å². The Labute approximate surface area is 211 Å². The average Bonchev–Trinajstić information content (AvgIpc) is 3.15. The fourth-order valence-corrected chi connectivity index (χ4v) is 6.64. The second-order valence-electron chi connectivity index (χ2n) is 10.3. The summed E-state index contributed by atoms with van der Waals surface area (Å²) in [4.78, 5) is 29.2. The van der Waals surface area contributed by atoms with Gasteiger partial charge in [-0.2, -0.15) is 0 Å². The third-order valence-corrected chi connectivity index (χ3v) is 8.18. The van der Waals surface area contributed by atoms with Gasteiger partial charge in [0.2, 0.25) is 0 Å². The topological polar surface area (TPSA) is 77.5 Å². The minimum Gasteiger partial charge on any atom is -0.462 e. The standard InChI is InChI=1S/C29H33FN2O4/c1-3-35-29(34)32-23-10-11-24-20(14-23)15-26-27(17(2)36-28(26)33)25(24)12-9-22-8-7-19(16-31-22)18-5-4-6-21(30)13-18/h4-9,12-13,16-17,20,23-27H,3,10-11,14-15H2,1-2H3,(H,32,34)/b12-9+/t17-,20+,23-,24+,25-,26+,27+/m0/s1. The van der Waals surface area contributed by atoms with Gasteiger partial charge < -0.3 is 14.8 Å². The van der Waals surface area contributed by atoms with Crippen molar-refractivity contribution in [2.24, 2.45) is 29.6 Å². The molecule has 3 aliphatic rings. The minimum absolute atomic E-state index is 0.0679. The molecule has 1 N–H and O–H groups in total. The van der Waals surface area contributed by atoms with Crippen LogP contribution in [0.5, 0.6) is 0 Å². The number of aromatic nitrogens is 1. The van der Waals surface area contributed by atoms with E-state index in [0.717, 1.165) is 42.5 Å². The number of amides is 1. The summed E-state index contributed by atoms with van der Waals surface area (Å²) in [5.74, 6) is 0.629. The van der Waals surface area contributed by atoms with Crippen molar-refractivity contribution in [3.8, 4) is 11.1 Å². The molecule has 1 aromatic carbocycles. The summed E-state index contributed by atoms with van der Waals surface area (Å²) >= 11 is 0. The Balaban J connectivity index is 1.34. The number of esters is 1. The van der Waals surface area contributed by atoms with Gasteiger partial charge in [0, 0.05) is 23.7 Å². The Morgan fingerprint density at radius 1 is 1.22 bits per heavy atom. The number of rotatable bonds is 5. The summed E-state index contributed by atoms with van der Waals surface area (Å²) in [6, 6.07) is 10.4. The van der Waals surface area contributed by atoms with E-state index in [0.29, 0.717) is 18.4 Å². The van der Waals surface area contributed by atoms with Crippen LogP contribution >= 0.6 is 0 Å². The molecular weight excluding hydrogens is 459 g/mol. The van der Waals surface area contributed by atoms with Crippen molar-refractivity contribution in [3.63, 3.8) is 0 Å². The van der Waals surface area contributed by atoms with Crippen LogP contribution < -0.4 is 5.32 Å². The van der Waals surface area contributed by atoms with Crippen molar-refractivity contribution in [2.75, 3.05) is 6.61 Å². The normalized spacial score (nSPS) is 31.4. The summed E-state index contributed by atoms with van der Waals surface area (Å²) in [6.45, 7) is 4.15. The zero-order chi connectivity index (χ0) is 25.2. The Hall–Kier alpha value is -3.22. The molecule has 0 bridgehead atoms. The molecule has 7 atom stereocenters. The van der Waals surface area contributed by atoms with Gasteiger partial charge in [0.05, 0.1) is 18.2 Å². The molecule has 2 heterocycles. The number of alkyl carbamates (subject to hydrolysis) is 1. The first kappa shape index (κ1) is 24.5. The summed E-state index contributed by atoms with van der Waals surface area (Å²) in [7, 11) is 0. The van der Waals surface area contributed by atoms with Gasteiger partial charge in [0.15, 0.2) is 0 Å². The van der Waals surface area contributed by atoms with Gasteiger partial charge in [-0.25, -0.2) is 9.18 Å². The van der Waals surface area contributed by atoms with Crippen LogP contribution in [0.15, 0.2) is 48.7 Å². The predicted molar refractivity (Wildman–Crippen MR) is 134 cm³/mol. The Bertz CT molecular complexity index is 1130.